The summed E-state index contributed by atoms with van der Waals surface area (Å²) in [6.07, 6.45) is -0.452. The van der Waals surface area contributed by atoms with Crippen LogP contribution in [0.5, 0.6) is 5.75 Å². The van der Waals surface area contributed by atoms with Gasteiger partial charge in [0.25, 0.3) is 5.89 Å². The molecule has 0 bridgehead atoms. The molecule has 0 radical (unpaired) electrons. The molecule has 4 heterocycles. The number of amides is 1. The van der Waals surface area contributed by atoms with Crippen molar-refractivity contribution in [3.05, 3.63) is 59.9 Å². The Morgan fingerprint density at radius 1 is 1.15 bits per heavy atom. The zero-order valence-electron chi connectivity index (χ0n) is 22.1. The number of benzene rings is 1. The number of rotatable bonds is 10. The lowest BCUT2D eigenvalue weighted by Gasteiger charge is -2.21. The molecule has 0 atom stereocenters. The Labute approximate surface area is 228 Å². The van der Waals surface area contributed by atoms with Crippen molar-refractivity contribution in [1.29, 1.82) is 0 Å². The van der Waals surface area contributed by atoms with Gasteiger partial charge in [0.05, 0.1) is 6.54 Å². The van der Waals surface area contributed by atoms with Gasteiger partial charge in [0.1, 0.15) is 11.6 Å². The van der Waals surface area contributed by atoms with E-state index in [-0.39, 0.29) is 23.4 Å². The molecule has 0 saturated carbocycles. The van der Waals surface area contributed by atoms with Gasteiger partial charge in [-0.2, -0.15) is 10.1 Å². The third-order valence-corrected chi connectivity index (χ3v) is 6.60. The van der Waals surface area contributed by atoms with Gasteiger partial charge < -0.3 is 19.1 Å². The molecule has 1 fully saturated rings. The van der Waals surface area contributed by atoms with E-state index in [1.165, 1.54) is 24.3 Å². The normalized spacial score (nSPS) is 13.7. The lowest BCUT2D eigenvalue weighted by atomic mass is 10.2. The lowest BCUT2D eigenvalue weighted by molar-refractivity contribution is -0.274. The second-order valence-corrected chi connectivity index (χ2v) is 9.61. The summed E-state index contributed by atoms with van der Waals surface area (Å²) in [5.74, 6) is 1.18. The van der Waals surface area contributed by atoms with Gasteiger partial charge in [-0.1, -0.05) is 11.2 Å². The van der Waals surface area contributed by atoms with E-state index in [4.69, 9.17) is 4.52 Å². The highest BCUT2D eigenvalue weighted by Crippen LogP contribution is 2.27. The minimum absolute atomic E-state index is 0.193. The third kappa shape index (κ3) is 6.58. The minimum atomic E-state index is -4.76. The number of alkyl halides is 3. The highest BCUT2D eigenvalue weighted by atomic mass is 19.4. The van der Waals surface area contributed by atoms with Crippen molar-refractivity contribution < 1.29 is 27.2 Å². The predicted octanol–water partition coefficient (Wildman–Crippen LogP) is 4.70. The van der Waals surface area contributed by atoms with Crippen LogP contribution < -0.4 is 9.64 Å². The maximum atomic E-state index is 12.4. The van der Waals surface area contributed by atoms with E-state index >= 15 is 0 Å². The molecule has 0 spiro atoms. The van der Waals surface area contributed by atoms with E-state index in [9.17, 15) is 18.0 Å². The Kier molecular flexibility index (Phi) is 7.71. The number of hydrogen-bond donors (Lipinski definition) is 0. The zero-order chi connectivity index (χ0) is 28.3. The summed E-state index contributed by atoms with van der Waals surface area (Å²) in [5.41, 5.74) is 2.79. The Hall–Kier alpha value is -4.42. The van der Waals surface area contributed by atoms with Gasteiger partial charge >= 0.3 is 6.36 Å². The molecule has 1 saturated heterocycles. The van der Waals surface area contributed by atoms with Crippen LogP contribution in [0.3, 0.4) is 0 Å². The number of nitrogens with zero attached hydrogens (tertiary/aromatic N) is 7. The Morgan fingerprint density at radius 2 is 1.95 bits per heavy atom. The second-order valence-electron chi connectivity index (χ2n) is 9.61. The van der Waals surface area contributed by atoms with Crippen LogP contribution in [0.15, 0.2) is 53.2 Å². The van der Waals surface area contributed by atoms with Crippen LogP contribution in [0.2, 0.25) is 0 Å². The summed E-state index contributed by atoms with van der Waals surface area (Å²) in [4.78, 5) is 24.7. The van der Waals surface area contributed by atoms with Crippen molar-refractivity contribution >= 4 is 11.7 Å². The fraction of sp³-hybridized carbons (Fsp3) is 0.370. The summed E-state index contributed by atoms with van der Waals surface area (Å²) in [6, 6.07) is 11.0. The van der Waals surface area contributed by atoms with Crippen LogP contribution in [0.4, 0.5) is 19.0 Å². The third-order valence-electron chi connectivity index (χ3n) is 6.60. The smallest absolute Gasteiger partial charge is 0.406 e. The van der Waals surface area contributed by atoms with Gasteiger partial charge in [-0.05, 0) is 61.7 Å². The van der Waals surface area contributed by atoms with Crippen molar-refractivity contribution in [1.82, 2.24) is 29.8 Å². The predicted molar refractivity (Wildman–Crippen MR) is 139 cm³/mol. The van der Waals surface area contributed by atoms with Crippen LogP contribution in [0.25, 0.3) is 23.0 Å². The number of anilines is 1. The van der Waals surface area contributed by atoms with Gasteiger partial charge in [-0.3, -0.25) is 9.48 Å². The molecule has 0 unspecified atom stereocenters. The van der Waals surface area contributed by atoms with Gasteiger partial charge in [-0.25, -0.2) is 4.98 Å². The Bertz CT molecular complexity index is 1450. The lowest BCUT2D eigenvalue weighted by Crippen LogP contribution is -2.29. The van der Waals surface area contributed by atoms with Gasteiger partial charge in [0.2, 0.25) is 11.7 Å². The van der Waals surface area contributed by atoms with Gasteiger partial charge in [-0.15, -0.1) is 13.2 Å². The summed E-state index contributed by atoms with van der Waals surface area (Å²) in [5, 5.41) is 8.51. The molecule has 40 heavy (non-hydrogen) atoms. The van der Waals surface area contributed by atoms with Gasteiger partial charge in [0, 0.05) is 50.6 Å². The summed E-state index contributed by atoms with van der Waals surface area (Å²) < 4.78 is 48.2. The van der Waals surface area contributed by atoms with Crippen molar-refractivity contribution in [2.24, 2.45) is 0 Å². The number of halogens is 3. The maximum absolute atomic E-state index is 12.4. The van der Waals surface area contributed by atoms with Crippen molar-refractivity contribution in [2.45, 2.75) is 39.1 Å². The first-order valence-corrected chi connectivity index (χ1v) is 12.8. The zero-order valence-corrected chi connectivity index (χ0v) is 22.1. The maximum Gasteiger partial charge on any atom is 0.573 e. The first-order chi connectivity index (χ1) is 19.1. The number of aryl methyl sites for hydroxylation is 1. The highest BCUT2D eigenvalue weighted by molar-refractivity contribution is 5.78. The molecule has 0 aliphatic carbocycles. The quantitative estimate of drug-likeness (QED) is 0.278. The standard InChI is InChI=1S/C27H28F3N7O3/c1-18-15-22(26-32-25(34-40-26)20-7-9-21(10-8-20)39-27(28,29)30)33-37(18)17-19-6-11-23(31-16-19)35(2)12-4-14-36-13-3-5-24(36)38/h6-11,15-16H,3-5,12-14,17H2,1-2H3. The Morgan fingerprint density at radius 3 is 2.62 bits per heavy atom. The minimum Gasteiger partial charge on any atom is -0.406 e. The molecule has 13 heteroatoms. The molecule has 5 rings (SSSR count). The van der Waals surface area contributed by atoms with E-state index in [1.54, 1.807) is 4.68 Å². The number of pyridine rings is 1. The molecule has 210 valence electrons. The van der Waals surface area contributed by atoms with Crippen LogP contribution in [0.1, 0.15) is 30.5 Å². The average Bonchev–Trinajstić information content (AvgIpc) is 3.65. The fourth-order valence-corrected chi connectivity index (χ4v) is 4.49. The number of hydrogen-bond acceptors (Lipinski definition) is 8. The number of ether oxygens (including phenoxy) is 1. The Balaban J connectivity index is 1.18. The van der Waals surface area contributed by atoms with Crippen LogP contribution in [-0.4, -0.2) is 68.8 Å². The van der Waals surface area contributed by atoms with Gasteiger partial charge in [0.15, 0.2) is 5.69 Å². The molecule has 1 amide bonds. The summed E-state index contributed by atoms with van der Waals surface area (Å²) in [6.45, 7) is 4.83. The largest absolute Gasteiger partial charge is 0.573 e. The number of aromatic nitrogens is 5. The number of likely N-dealkylation sites (tertiary alicyclic amines) is 1. The van der Waals surface area contributed by atoms with Crippen LogP contribution in [0, 0.1) is 6.92 Å². The topological polar surface area (TPSA) is 102 Å². The molecule has 1 aliphatic heterocycles. The highest BCUT2D eigenvalue weighted by Gasteiger charge is 2.31. The molecule has 1 aromatic carbocycles. The van der Waals surface area contributed by atoms with Crippen LogP contribution in [-0.2, 0) is 11.3 Å². The first kappa shape index (κ1) is 27.2. The second kappa shape index (κ2) is 11.4. The van der Waals surface area contributed by atoms with E-state index in [2.05, 4.69) is 29.9 Å². The SMILES string of the molecule is Cc1cc(-c2nc(-c3ccc(OC(F)(F)F)cc3)no2)nn1Cc1ccc(N(C)CCCN2CCCC2=O)nc1. The first-order valence-electron chi connectivity index (χ1n) is 12.8. The summed E-state index contributed by atoms with van der Waals surface area (Å²) >= 11 is 0. The fourth-order valence-electron chi connectivity index (χ4n) is 4.49. The average molecular weight is 556 g/mol. The summed E-state index contributed by atoms with van der Waals surface area (Å²) in [7, 11) is 1.99. The number of carbonyl (C=O) groups excluding carboxylic acids is 1. The molecule has 10 nitrogen and oxygen atoms in total. The van der Waals surface area contributed by atoms with E-state index in [1.807, 2.05) is 43.3 Å². The number of carbonyl (C=O) groups is 1. The van der Waals surface area contributed by atoms with Crippen molar-refractivity contribution in [2.75, 3.05) is 31.6 Å². The molecule has 1 aliphatic rings. The molecular weight excluding hydrogens is 527 g/mol. The van der Waals surface area contributed by atoms with Crippen LogP contribution >= 0.6 is 0 Å². The van der Waals surface area contributed by atoms with E-state index < -0.39 is 6.36 Å². The van der Waals surface area contributed by atoms with E-state index in [0.29, 0.717) is 24.2 Å². The molecule has 0 N–H and O–H groups in total. The van der Waals surface area contributed by atoms with E-state index in [0.717, 1.165) is 49.6 Å². The molecule has 4 aromatic rings. The van der Waals surface area contributed by atoms with Crippen molar-refractivity contribution in [3.63, 3.8) is 0 Å². The molecular formula is C27H28F3N7O3. The molecule has 3 aromatic heterocycles. The monoisotopic (exact) mass is 555 g/mol. The van der Waals surface area contributed by atoms with Crippen molar-refractivity contribution in [3.8, 4) is 28.7 Å².